The quantitative estimate of drug-likeness (QED) is 0.841. The third-order valence-electron chi connectivity index (χ3n) is 4.64. The van der Waals surface area contributed by atoms with Crippen molar-refractivity contribution < 1.29 is 9.59 Å². The molecule has 0 aromatic carbocycles. The Hall–Kier alpha value is -2.02. The molecule has 24 heavy (non-hydrogen) atoms. The Bertz CT molecular complexity index is 671. The van der Waals surface area contributed by atoms with Crippen LogP contribution in [0.5, 0.6) is 0 Å². The van der Waals surface area contributed by atoms with Crippen LogP contribution in [0.1, 0.15) is 50.7 Å². The number of hydrogen-bond donors (Lipinski definition) is 1. The maximum absolute atomic E-state index is 12.2. The summed E-state index contributed by atoms with van der Waals surface area (Å²) in [5, 5.41) is 2.71. The van der Waals surface area contributed by atoms with Gasteiger partial charge in [-0.1, -0.05) is 13.8 Å². The van der Waals surface area contributed by atoms with E-state index < -0.39 is 5.54 Å². The minimum absolute atomic E-state index is 0.158. The number of imide groups is 1. The van der Waals surface area contributed by atoms with E-state index in [1.54, 1.807) is 13.8 Å². The van der Waals surface area contributed by atoms with Crippen LogP contribution >= 0.6 is 0 Å². The van der Waals surface area contributed by atoms with Gasteiger partial charge >= 0.3 is 6.03 Å². The summed E-state index contributed by atoms with van der Waals surface area (Å²) < 4.78 is 0. The third kappa shape index (κ3) is 3.13. The van der Waals surface area contributed by atoms with Gasteiger partial charge in [-0.25, -0.2) is 14.8 Å². The molecular formula is C17H25N5O2. The van der Waals surface area contributed by atoms with Crippen LogP contribution < -0.4 is 5.32 Å². The molecule has 1 fully saturated rings. The number of nitrogens with one attached hydrogen (secondary N) is 1. The Kier molecular flexibility index (Phi) is 4.29. The fourth-order valence-electron chi connectivity index (χ4n) is 3.10. The molecule has 3 heterocycles. The van der Waals surface area contributed by atoms with Crippen LogP contribution in [0.15, 0.2) is 6.20 Å². The van der Waals surface area contributed by atoms with Crippen molar-refractivity contribution >= 4 is 11.9 Å². The van der Waals surface area contributed by atoms with Gasteiger partial charge in [0.15, 0.2) is 0 Å². The monoisotopic (exact) mass is 331 g/mol. The number of hydrogen-bond acceptors (Lipinski definition) is 5. The Morgan fingerprint density at radius 3 is 2.67 bits per heavy atom. The van der Waals surface area contributed by atoms with Crippen LogP contribution in [-0.2, 0) is 17.8 Å². The number of aromatic nitrogens is 2. The minimum Gasteiger partial charge on any atom is -0.324 e. The van der Waals surface area contributed by atoms with E-state index in [4.69, 9.17) is 0 Å². The summed E-state index contributed by atoms with van der Waals surface area (Å²) in [6.07, 6.45) is 2.84. The molecule has 0 atom stereocenters. The second kappa shape index (κ2) is 6.12. The van der Waals surface area contributed by atoms with Gasteiger partial charge in [-0.3, -0.25) is 14.6 Å². The van der Waals surface area contributed by atoms with Gasteiger partial charge in [-0.15, -0.1) is 0 Å². The summed E-state index contributed by atoms with van der Waals surface area (Å²) in [4.78, 5) is 36.8. The van der Waals surface area contributed by atoms with E-state index in [0.717, 1.165) is 31.0 Å². The average Bonchev–Trinajstić information content (AvgIpc) is 2.72. The molecule has 1 saturated heterocycles. The first-order valence-electron chi connectivity index (χ1n) is 8.49. The van der Waals surface area contributed by atoms with Gasteiger partial charge in [0.05, 0.1) is 5.69 Å². The van der Waals surface area contributed by atoms with E-state index in [-0.39, 0.29) is 11.9 Å². The number of fused-ring (bicyclic) bond motifs is 1. The van der Waals surface area contributed by atoms with Crippen molar-refractivity contribution in [2.24, 2.45) is 0 Å². The average molecular weight is 331 g/mol. The molecule has 7 nitrogen and oxygen atoms in total. The highest BCUT2D eigenvalue weighted by atomic mass is 16.2. The van der Waals surface area contributed by atoms with Gasteiger partial charge < -0.3 is 5.32 Å². The molecule has 0 bridgehead atoms. The van der Waals surface area contributed by atoms with E-state index in [9.17, 15) is 9.59 Å². The molecule has 1 N–H and O–H groups in total. The van der Waals surface area contributed by atoms with Gasteiger partial charge in [-0.2, -0.15) is 0 Å². The molecule has 2 aliphatic rings. The highest BCUT2D eigenvalue weighted by molar-refractivity contribution is 6.06. The van der Waals surface area contributed by atoms with Crippen LogP contribution in [-0.4, -0.2) is 56.9 Å². The molecule has 3 rings (SSSR count). The SMILES string of the molecule is CC(C)c1ncc2c(n1)CN(CCN1C(=O)NC(C)(C)C1=O)CC2. The summed E-state index contributed by atoms with van der Waals surface area (Å²) in [7, 11) is 0. The zero-order valence-electron chi connectivity index (χ0n) is 14.8. The molecule has 1 aromatic heterocycles. The lowest BCUT2D eigenvalue weighted by molar-refractivity contribution is -0.130. The second-order valence-corrected chi connectivity index (χ2v) is 7.39. The molecule has 3 amide bonds. The first-order valence-corrected chi connectivity index (χ1v) is 8.49. The van der Waals surface area contributed by atoms with Gasteiger partial charge in [0.2, 0.25) is 0 Å². The van der Waals surface area contributed by atoms with Gasteiger partial charge in [0.25, 0.3) is 5.91 Å². The smallest absolute Gasteiger partial charge is 0.324 e. The number of amides is 3. The van der Waals surface area contributed by atoms with Crippen LogP contribution in [0, 0.1) is 0 Å². The molecular weight excluding hydrogens is 306 g/mol. The first kappa shape index (κ1) is 16.8. The van der Waals surface area contributed by atoms with Crippen molar-refractivity contribution in [2.75, 3.05) is 19.6 Å². The fourth-order valence-corrected chi connectivity index (χ4v) is 3.10. The van der Waals surface area contributed by atoms with Crippen molar-refractivity contribution in [2.45, 2.75) is 52.1 Å². The number of urea groups is 1. The molecule has 0 spiro atoms. The molecule has 0 radical (unpaired) electrons. The normalized spacial score (nSPS) is 20.5. The van der Waals surface area contributed by atoms with Crippen molar-refractivity contribution in [3.05, 3.63) is 23.3 Å². The maximum atomic E-state index is 12.2. The number of carbonyl (C=O) groups is 2. The summed E-state index contributed by atoms with van der Waals surface area (Å²) in [5.41, 5.74) is 1.47. The van der Waals surface area contributed by atoms with E-state index in [1.165, 1.54) is 10.5 Å². The van der Waals surface area contributed by atoms with Crippen molar-refractivity contribution in [1.82, 2.24) is 25.1 Å². The fraction of sp³-hybridized carbons (Fsp3) is 0.647. The number of rotatable bonds is 4. The number of nitrogens with zero attached hydrogens (tertiary/aromatic N) is 4. The van der Waals surface area contributed by atoms with E-state index >= 15 is 0 Å². The maximum Gasteiger partial charge on any atom is 0.325 e. The minimum atomic E-state index is -0.801. The van der Waals surface area contributed by atoms with Crippen molar-refractivity contribution in [1.29, 1.82) is 0 Å². The Morgan fingerprint density at radius 2 is 2.04 bits per heavy atom. The predicted octanol–water partition coefficient (Wildman–Crippen LogP) is 1.29. The van der Waals surface area contributed by atoms with Crippen LogP contribution in [0.2, 0.25) is 0 Å². The zero-order chi connectivity index (χ0) is 17.5. The van der Waals surface area contributed by atoms with Crippen LogP contribution in [0.3, 0.4) is 0 Å². The first-order chi connectivity index (χ1) is 11.3. The van der Waals surface area contributed by atoms with Gasteiger partial charge in [0, 0.05) is 38.3 Å². The lowest BCUT2D eigenvalue weighted by Gasteiger charge is -2.29. The Balaban J connectivity index is 1.63. The van der Waals surface area contributed by atoms with Gasteiger partial charge in [-0.05, 0) is 25.8 Å². The third-order valence-corrected chi connectivity index (χ3v) is 4.64. The molecule has 7 heteroatoms. The summed E-state index contributed by atoms with van der Waals surface area (Å²) in [5.74, 6) is 1.01. The molecule has 1 aromatic rings. The molecule has 0 unspecified atom stereocenters. The Morgan fingerprint density at radius 1 is 1.29 bits per heavy atom. The van der Waals surface area contributed by atoms with Crippen molar-refractivity contribution in [3.63, 3.8) is 0 Å². The highest BCUT2D eigenvalue weighted by Gasteiger charge is 2.44. The molecule has 2 aliphatic heterocycles. The molecule has 0 saturated carbocycles. The van der Waals surface area contributed by atoms with Gasteiger partial charge in [0.1, 0.15) is 11.4 Å². The summed E-state index contributed by atoms with van der Waals surface area (Å²) >= 11 is 0. The molecule has 130 valence electrons. The Labute approximate surface area is 142 Å². The van der Waals surface area contributed by atoms with E-state index in [2.05, 4.69) is 34.0 Å². The zero-order valence-corrected chi connectivity index (χ0v) is 14.8. The molecule has 0 aliphatic carbocycles. The van der Waals surface area contributed by atoms with Crippen molar-refractivity contribution in [3.8, 4) is 0 Å². The summed E-state index contributed by atoms with van der Waals surface area (Å²) in [6.45, 7) is 10.3. The lowest BCUT2D eigenvalue weighted by atomic mass is 10.1. The number of carbonyl (C=O) groups excluding carboxylic acids is 2. The largest absolute Gasteiger partial charge is 0.325 e. The lowest BCUT2D eigenvalue weighted by Crippen LogP contribution is -2.42. The topological polar surface area (TPSA) is 78.4 Å². The van der Waals surface area contributed by atoms with Crippen LogP contribution in [0.25, 0.3) is 0 Å². The highest BCUT2D eigenvalue weighted by Crippen LogP contribution is 2.20. The predicted molar refractivity (Wildman–Crippen MR) is 89.4 cm³/mol. The van der Waals surface area contributed by atoms with E-state index in [0.29, 0.717) is 19.0 Å². The van der Waals surface area contributed by atoms with Crippen LogP contribution in [0.4, 0.5) is 4.79 Å². The second-order valence-electron chi connectivity index (χ2n) is 7.39. The van der Waals surface area contributed by atoms with E-state index in [1.807, 2.05) is 6.20 Å². The summed E-state index contributed by atoms with van der Waals surface area (Å²) in [6, 6.07) is -0.299. The standard InChI is InChI=1S/C17H25N5O2/c1-11(2)14-18-9-12-5-6-21(10-13(12)19-14)7-8-22-15(23)17(3,4)20-16(22)24/h9,11H,5-8,10H2,1-4H3,(H,20,24).